The third kappa shape index (κ3) is 2.78. The van der Waals surface area contributed by atoms with Crippen molar-refractivity contribution in [2.24, 2.45) is 0 Å². The van der Waals surface area contributed by atoms with Gasteiger partial charge in [-0.25, -0.2) is 9.97 Å². The highest BCUT2D eigenvalue weighted by atomic mass is 32.1. The summed E-state index contributed by atoms with van der Waals surface area (Å²) in [4.78, 5) is 9.92. The van der Waals surface area contributed by atoms with E-state index in [1.807, 2.05) is 18.2 Å². The number of thiophene rings is 1. The molecular weight excluding hydrogens is 358 g/mol. The molecule has 0 unspecified atom stereocenters. The molecule has 134 valence electrons. The minimum atomic E-state index is 0.262. The molecule has 0 saturated carbocycles. The molecule has 2 aromatic carbocycles. The van der Waals surface area contributed by atoms with Crippen molar-refractivity contribution in [3.8, 4) is 22.6 Å². The number of anilines is 2. The van der Waals surface area contributed by atoms with Gasteiger partial charge in [-0.1, -0.05) is 18.2 Å². The molecule has 2 aromatic heterocycles. The van der Waals surface area contributed by atoms with Gasteiger partial charge in [-0.15, -0.1) is 11.3 Å². The number of fused-ring (bicyclic) bond motifs is 2. The second-order valence-corrected chi connectivity index (χ2v) is 7.40. The first-order chi connectivity index (χ1) is 13.2. The van der Waals surface area contributed by atoms with E-state index >= 15 is 0 Å². The zero-order valence-electron chi connectivity index (χ0n) is 14.9. The normalized spacial score (nSPS) is 12.5. The lowest BCUT2D eigenvalue weighted by Gasteiger charge is -2.10. The van der Waals surface area contributed by atoms with Crippen LogP contribution in [-0.4, -0.2) is 16.8 Å². The van der Waals surface area contributed by atoms with Crippen molar-refractivity contribution >= 4 is 33.1 Å². The lowest BCUT2D eigenvalue weighted by Crippen LogP contribution is -1.96. The number of hydrogen-bond donors (Lipinski definition) is 1. The van der Waals surface area contributed by atoms with Gasteiger partial charge < -0.3 is 14.8 Å². The van der Waals surface area contributed by atoms with Crippen molar-refractivity contribution in [2.75, 3.05) is 12.1 Å². The predicted octanol–water partition coefficient (Wildman–Crippen LogP) is 5.45. The van der Waals surface area contributed by atoms with Gasteiger partial charge >= 0.3 is 0 Å². The lowest BCUT2D eigenvalue weighted by atomic mass is 10.0. The zero-order valence-corrected chi connectivity index (χ0v) is 15.8. The molecule has 1 N–H and O–H groups in total. The van der Waals surface area contributed by atoms with Gasteiger partial charge in [0.05, 0.1) is 5.39 Å². The second-order valence-electron chi connectivity index (χ2n) is 6.54. The van der Waals surface area contributed by atoms with E-state index in [9.17, 15) is 0 Å². The van der Waals surface area contributed by atoms with E-state index in [0.29, 0.717) is 0 Å². The van der Waals surface area contributed by atoms with E-state index in [-0.39, 0.29) is 6.79 Å². The topological polar surface area (TPSA) is 56.3 Å². The van der Waals surface area contributed by atoms with E-state index < -0.39 is 0 Å². The maximum absolute atomic E-state index is 5.47. The fourth-order valence-corrected chi connectivity index (χ4v) is 4.12. The van der Waals surface area contributed by atoms with Crippen molar-refractivity contribution in [1.29, 1.82) is 0 Å². The Hall–Kier alpha value is -3.12. The molecule has 27 heavy (non-hydrogen) atoms. The Bertz CT molecular complexity index is 1170. The summed E-state index contributed by atoms with van der Waals surface area (Å²) in [6, 6.07) is 12.3. The Morgan fingerprint density at radius 3 is 2.74 bits per heavy atom. The van der Waals surface area contributed by atoms with E-state index in [1.54, 1.807) is 17.7 Å². The van der Waals surface area contributed by atoms with Crippen LogP contribution >= 0.6 is 11.3 Å². The third-order valence-corrected chi connectivity index (χ3v) is 5.71. The number of hydrogen-bond acceptors (Lipinski definition) is 6. The van der Waals surface area contributed by atoms with Gasteiger partial charge in [-0.05, 0) is 42.7 Å². The lowest BCUT2D eigenvalue weighted by molar-refractivity contribution is 0.174. The molecule has 3 heterocycles. The average molecular weight is 375 g/mol. The minimum absolute atomic E-state index is 0.262. The molecule has 6 heteroatoms. The Balaban J connectivity index is 1.60. The van der Waals surface area contributed by atoms with E-state index in [2.05, 4.69) is 52.7 Å². The number of nitrogens with zero attached hydrogens (tertiary/aromatic N) is 2. The minimum Gasteiger partial charge on any atom is -0.454 e. The van der Waals surface area contributed by atoms with Gasteiger partial charge in [0, 0.05) is 22.7 Å². The first-order valence-corrected chi connectivity index (χ1v) is 9.53. The van der Waals surface area contributed by atoms with Crippen LogP contribution in [0.15, 0.2) is 48.1 Å². The van der Waals surface area contributed by atoms with E-state index in [0.717, 1.165) is 38.8 Å². The summed E-state index contributed by atoms with van der Waals surface area (Å²) in [7, 11) is 0. The van der Waals surface area contributed by atoms with Crippen LogP contribution in [-0.2, 0) is 0 Å². The Morgan fingerprint density at radius 2 is 1.85 bits per heavy atom. The van der Waals surface area contributed by atoms with Crippen LogP contribution in [0.2, 0.25) is 0 Å². The summed E-state index contributed by atoms with van der Waals surface area (Å²) in [6.45, 7) is 4.52. The number of ether oxygens (including phenoxy) is 2. The molecule has 1 aliphatic heterocycles. The van der Waals surface area contributed by atoms with Gasteiger partial charge in [0.25, 0.3) is 0 Å². The molecule has 0 aliphatic carbocycles. The van der Waals surface area contributed by atoms with E-state index in [1.165, 1.54) is 16.7 Å². The standard InChI is InChI=1S/C21H17N3O2S/c1-12-3-4-14(7-13(12)2)16-9-27-21-19(16)20(22-10-23-21)24-15-5-6-17-18(8-15)26-11-25-17/h3-10H,11H2,1-2H3,(H,22,23,24). The number of aromatic nitrogens is 2. The number of aryl methyl sites for hydroxylation is 2. The molecule has 5 rings (SSSR count). The quantitative estimate of drug-likeness (QED) is 0.516. The molecule has 0 fully saturated rings. The van der Waals surface area contributed by atoms with Crippen LogP contribution in [0.5, 0.6) is 11.5 Å². The van der Waals surface area contributed by atoms with Crippen LogP contribution in [0.1, 0.15) is 11.1 Å². The molecule has 0 bridgehead atoms. The molecule has 0 amide bonds. The predicted molar refractivity (Wildman–Crippen MR) is 108 cm³/mol. The number of benzene rings is 2. The maximum atomic E-state index is 5.47. The first-order valence-electron chi connectivity index (χ1n) is 8.65. The second kappa shape index (κ2) is 6.25. The van der Waals surface area contributed by atoms with Crippen LogP contribution in [0, 0.1) is 13.8 Å². The van der Waals surface area contributed by atoms with Crippen LogP contribution in [0.4, 0.5) is 11.5 Å². The van der Waals surface area contributed by atoms with Crippen LogP contribution in [0.3, 0.4) is 0 Å². The summed E-state index contributed by atoms with van der Waals surface area (Å²) < 4.78 is 10.9. The Morgan fingerprint density at radius 1 is 0.963 bits per heavy atom. The molecule has 0 saturated heterocycles. The van der Waals surface area contributed by atoms with Gasteiger partial charge in [-0.3, -0.25) is 0 Å². The first kappa shape index (κ1) is 16.1. The van der Waals surface area contributed by atoms with Crippen LogP contribution in [0.25, 0.3) is 21.3 Å². The fourth-order valence-electron chi connectivity index (χ4n) is 3.20. The van der Waals surface area contributed by atoms with Gasteiger partial charge in [-0.2, -0.15) is 0 Å². The molecule has 0 spiro atoms. The maximum Gasteiger partial charge on any atom is 0.231 e. The van der Waals surface area contributed by atoms with E-state index in [4.69, 9.17) is 9.47 Å². The third-order valence-electron chi connectivity index (χ3n) is 4.82. The van der Waals surface area contributed by atoms with Crippen molar-refractivity contribution in [2.45, 2.75) is 13.8 Å². The molecule has 1 aliphatic rings. The van der Waals surface area contributed by atoms with Crippen molar-refractivity contribution in [1.82, 2.24) is 9.97 Å². The monoisotopic (exact) mass is 375 g/mol. The molecular formula is C21H17N3O2S. The summed E-state index contributed by atoms with van der Waals surface area (Å²) in [5.74, 6) is 2.29. The summed E-state index contributed by atoms with van der Waals surface area (Å²) in [6.07, 6.45) is 1.60. The van der Waals surface area contributed by atoms with Gasteiger partial charge in [0.15, 0.2) is 11.5 Å². The van der Waals surface area contributed by atoms with Crippen molar-refractivity contribution in [3.63, 3.8) is 0 Å². The largest absolute Gasteiger partial charge is 0.454 e. The van der Waals surface area contributed by atoms with Gasteiger partial charge in [0.1, 0.15) is 17.0 Å². The molecule has 4 aromatic rings. The number of nitrogens with one attached hydrogen (secondary N) is 1. The summed E-state index contributed by atoms with van der Waals surface area (Å²) in [5.41, 5.74) is 5.77. The zero-order chi connectivity index (χ0) is 18.4. The number of rotatable bonds is 3. The average Bonchev–Trinajstić information content (AvgIpc) is 3.31. The Labute approximate surface area is 160 Å². The summed E-state index contributed by atoms with van der Waals surface area (Å²) >= 11 is 1.63. The Kier molecular flexibility index (Phi) is 3.72. The van der Waals surface area contributed by atoms with Crippen molar-refractivity contribution < 1.29 is 9.47 Å². The highest BCUT2D eigenvalue weighted by Gasteiger charge is 2.16. The molecule has 0 atom stereocenters. The SMILES string of the molecule is Cc1ccc(-c2csc3ncnc(Nc4ccc5c(c4)OCO5)c23)cc1C. The van der Waals surface area contributed by atoms with Gasteiger partial charge in [0.2, 0.25) is 6.79 Å². The highest BCUT2D eigenvalue weighted by molar-refractivity contribution is 7.17. The smallest absolute Gasteiger partial charge is 0.231 e. The molecule has 5 nitrogen and oxygen atoms in total. The highest BCUT2D eigenvalue weighted by Crippen LogP contribution is 2.39. The van der Waals surface area contributed by atoms with Crippen molar-refractivity contribution in [3.05, 3.63) is 59.2 Å². The summed E-state index contributed by atoms with van der Waals surface area (Å²) in [5, 5.41) is 6.60. The fraction of sp³-hybridized carbons (Fsp3) is 0.143. The van der Waals surface area contributed by atoms with Crippen LogP contribution < -0.4 is 14.8 Å². The molecule has 0 radical (unpaired) electrons.